The lowest BCUT2D eigenvalue weighted by molar-refractivity contribution is 0.0523. The van der Waals surface area contributed by atoms with E-state index in [9.17, 15) is 18.8 Å². The molecule has 7 heteroatoms. The van der Waals surface area contributed by atoms with E-state index in [-0.39, 0.29) is 23.6 Å². The summed E-state index contributed by atoms with van der Waals surface area (Å²) in [6.45, 7) is 2.95. The van der Waals surface area contributed by atoms with Crippen LogP contribution in [0.3, 0.4) is 0 Å². The van der Waals surface area contributed by atoms with Crippen molar-refractivity contribution in [3.05, 3.63) is 57.8 Å². The van der Waals surface area contributed by atoms with Crippen LogP contribution in [0.4, 0.5) is 4.39 Å². The minimum atomic E-state index is -0.840. The number of Topliss-reactive ketones (excluding diaryl/α,β-unsaturated/α-hetero) is 1. The topological polar surface area (TPSA) is 78.3 Å². The Morgan fingerprint density at radius 2 is 1.91 bits per heavy atom. The van der Waals surface area contributed by atoms with E-state index in [2.05, 4.69) is 5.10 Å². The molecule has 0 aliphatic rings. The Labute approximate surface area is 125 Å². The number of hydrogen-bond donors (Lipinski definition) is 0. The van der Waals surface area contributed by atoms with Gasteiger partial charge in [-0.15, -0.1) is 0 Å². The molecule has 0 saturated carbocycles. The van der Waals surface area contributed by atoms with Gasteiger partial charge >= 0.3 is 5.97 Å². The summed E-state index contributed by atoms with van der Waals surface area (Å²) in [7, 11) is 0. The first-order chi connectivity index (χ1) is 10.4. The average Bonchev–Trinajstić information content (AvgIpc) is 2.48. The van der Waals surface area contributed by atoms with Crippen molar-refractivity contribution in [2.45, 2.75) is 13.8 Å². The average molecular weight is 304 g/mol. The van der Waals surface area contributed by atoms with Gasteiger partial charge in [0, 0.05) is 6.92 Å². The molecule has 2 aromatic rings. The number of halogens is 1. The highest BCUT2D eigenvalue weighted by Gasteiger charge is 2.19. The zero-order valence-electron chi connectivity index (χ0n) is 12.0. The van der Waals surface area contributed by atoms with Gasteiger partial charge in [-0.2, -0.15) is 9.78 Å². The number of ketones is 1. The molecule has 22 heavy (non-hydrogen) atoms. The zero-order chi connectivity index (χ0) is 16.3. The van der Waals surface area contributed by atoms with E-state index in [0.29, 0.717) is 0 Å². The fraction of sp³-hybridized carbons (Fsp3) is 0.200. The number of nitrogens with zero attached hydrogens (tertiary/aromatic N) is 2. The fourth-order valence-corrected chi connectivity index (χ4v) is 1.78. The Morgan fingerprint density at radius 3 is 2.45 bits per heavy atom. The minimum Gasteiger partial charge on any atom is -0.462 e. The lowest BCUT2D eigenvalue weighted by Crippen LogP contribution is -2.30. The molecule has 1 heterocycles. The normalized spacial score (nSPS) is 10.3. The zero-order valence-corrected chi connectivity index (χ0v) is 12.0. The van der Waals surface area contributed by atoms with E-state index in [1.54, 1.807) is 6.92 Å². The van der Waals surface area contributed by atoms with Crippen LogP contribution in [-0.2, 0) is 4.74 Å². The molecule has 1 aromatic heterocycles. The molecule has 0 amide bonds. The van der Waals surface area contributed by atoms with Crippen LogP contribution in [0.2, 0.25) is 0 Å². The van der Waals surface area contributed by atoms with E-state index < -0.39 is 23.1 Å². The third kappa shape index (κ3) is 3.08. The SMILES string of the molecule is CCOC(=O)c1cc(C(C)=O)nn(-c2ccc(F)cc2)c1=O. The van der Waals surface area contributed by atoms with Crippen molar-refractivity contribution in [3.8, 4) is 5.69 Å². The Balaban J connectivity index is 2.67. The monoisotopic (exact) mass is 304 g/mol. The molecular weight excluding hydrogens is 291 g/mol. The Kier molecular flexibility index (Phi) is 4.45. The first kappa shape index (κ1) is 15.6. The molecule has 0 aliphatic carbocycles. The van der Waals surface area contributed by atoms with Crippen LogP contribution in [0, 0.1) is 5.82 Å². The van der Waals surface area contributed by atoms with Crippen LogP contribution in [0.5, 0.6) is 0 Å². The molecule has 2 rings (SSSR count). The van der Waals surface area contributed by atoms with Crippen molar-refractivity contribution in [3.63, 3.8) is 0 Å². The summed E-state index contributed by atoms with van der Waals surface area (Å²) in [6, 6.07) is 6.04. The van der Waals surface area contributed by atoms with Crippen molar-refractivity contribution >= 4 is 11.8 Å². The van der Waals surface area contributed by atoms with Gasteiger partial charge in [0.25, 0.3) is 5.56 Å². The van der Waals surface area contributed by atoms with Crippen LogP contribution in [0.15, 0.2) is 35.1 Å². The molecule has 0 saturated heterocycles. The first-order valence-corrected chi connectivity index (χ1v) is 6.52. The maximum atomic E-state index is 13.0. The molecule has 6 nitrogen and oxygen atoms in total. The van der Waals surface area contributed by atoms with Gasteiger partial charge in [0.15, 0.2) is 5.78 Å². The van der Waals surface area contributed by atoms with Crippen LogP contribution in [-0.4, -0.2) is 28.1 Å². The number of esters is 1. The molecule has 0 spiro atoms. The number of carbonyl (C=O) groups is 2. The number of aromatic nitrogens is 2. The standard InChI is InChI=1S/C15H13FN2O4/c1-3-22-15(21)12-8-13(9(2)19)17-18(14(12)20)11-6-4-10(16)5-7-11/h4-8H,3H2,1-2H3. The predicted molar refractivity (Wildman–Crippen MR) is 75.8 cm³/mol. The molecule has 0 fully saturated rings. The highest BCUT2D eigenvalue weighted by molar-refractivity contribution is 5.96. The lowest BCUT2D eigenvalue weighted by Gasteiger charge is -2.09. The van der Waals surface area contributed by atoms with E-state index in [4.69, 9.17) is 4.74 Å². The summed E-state index contributed by atoms with van der Waals surface area (Å²) in [5.74, 6) is -1.74. The Morgan fingerprint density at radius 1 is 1.27 bits per heavy atom. The van der Waals surface area contributed by atoms with Crippen LogP contribution in [0.1, 0.15) is 34.7 Å². The molecule has 114 valence electrons. The summed E-state index contributed by atoms with van der Waals surface area (Å²) in [5, 5.41) is 3.90. The van der Waals surface area contributed by atoms with Gasteiger partial charge in [0.2, 0.25) is 0 Å². The summed E-state index contributed by atoms with van der Waals surface area (Å²) in [4.78, 5) is 35.7. The highest BCUT2D eigenvalue weighted by atomic mass is 19.1. The van der Waals surface area contributed by atoms with Gasteiger partial charge < -0.3 is 4.74 Å². The van der Waals surface area contributed by atoms with E-state index in [1.165, 1.54) is 19.1 Å². The lowest BCUT2D eigenvalue weighted by atomic mass is 10.2. The van der Waals surface area contributed by atoms with Gasteiger partial charge in [-0.1, -0.05) is 0 Å². The molecule has 0 N–H and O–H groups in total. The number of hydrogen-bond acceptors (Lipinski definition) is 5. The Hall–Kier alpha value is -2.83. The van der Waals surface area contributed by atoms with Crippen molar-refractivity contribution in [1.82, 2.24) is 9.78 Å². The largest absolute Gasteiger partial charge is 0.462 e. The predicted octanol–water partition coefficient (Wildman–Crippen LogP) is 1.75. The van der Waals surface area contributed by atoms with Crippen LogP contribution in [0.25, 0.3) is 5.69 Å². The van der Waals surface area contributed by atoms with Gasteiger partial charge in [-0.25, -0.2) is 9.18 Å². The number of carbonyl (C=O) groups excluding carboxylic acids is 2. The maximum absolute atomic E-state index is 13.0. The smallest absolute Gasteiger partial charge is 0.343 e. The van der Waals surface area contributed by atoms with E-state index in [1.807, 2.05) is 0 Å². The highest BCUT2D eigenvalue weighted by Crippen LogP contribution is 2.08. The maximum Gasteiger partial charge on any atom is 0.343 e. The molecule has 0 bridgehead atoms. The van der Waals surface area contributed by atoms with Crippen LogP contribution < -0.4 is 5.56 Å². The second kappa shape index (κ2) is 6.30. The van der Waals surface area contributed by atoms with Gasteiger partial charge in [0.1, 0.15) is 17.1 Å². The van der Waals surface area contributed by atoms with Gasteiger partial charge in [-0.3, -0.25) is 9.59 Å². The van der Waals surface area contributed by atoms with Gasteiger partial charge in [-0.05, 0) is 37.3 Å². The first-order valence-electron chi connectivity index (χ1n) is 6.52. The second-order valence-electron chi connectivity index (χ2n) is 4.41. The van der Waals surface area contributed by atoms with Crippen molar-refractivity contribution in [1.29, 1.82) is 0 Å². The quantitative estimate of drug-likeness (QED) is 0.635. The third-order valence-corrected chi connectivity index (χ3v) is 2.84. The summed E-state index contributed by atoms with van der Waals surface area (Å²) in [5.41, 5.74) is -0.867. The number of rotatable bonds is 4. The summed E-state index contributed by atoms with van der Waals surface area (Å²) in [6.07, 6.45) is 0. The third-order valence-electron chi connectivity index (χ3n) is 2.84. The van der Waals surface area contributed by atoms with E-state index >= 15 is 0 Å². The van der Waals surface area contributed by atoms with Gasteiger partial charge in [0.05, 0.1) is 12.3 Å². The number of ether oxygens (including phenoxy) is 1. The molecule has 0 radical (unpaired) electrons. The fourth-order valence-electron chi connectivity index (χ4n) is 1.78. The van der Waals surface area contributed by atoms with Crippen LogP contribution >= 0.6 is 0 Å². The summed E-state index contributed by atoms with van der Waals surface area (Å²) >= 11 is 0. The summed E-state index contributed by atoms with van der Waals surface area (Å²) < 4.78 is 18.7. The second-order valence-corrected chi connectivity index (χ2v) is 4.41. The minimum absolute atomic E-state index is 0.0630. The van der Waals surface area contributed by atoms with E-state index in [0.717, 1.165) is 22.9 Å². The van der Waals surface area contributed by atoms with Crippen molar-refractivity contribution in [2.75, 3.05) is 6.61 Å². The Bertz CT molecular complexity index is 781. The molecule has 0 atom stereocenters. The molecule has 0 unspecified atom stereocenters. The molecular formula is C15H13FN2O4. The van der Waals surface area contributed by atoms with Crippen molar-refractivity contribution < 1.29 is 18.7 Å². The van der Waals surface area contributed by atoms with Crippen molar-refractivity contribution in [2.24, 2.45) is 0 Å². The number of benzene rings is 1. The molecule has 0 aliphatic heterocycles. The molecule has 1 aromatic carbocycles.